The van der Waals surface area contributed by atoms with Crippen molar-refractivity contribution in [2.24, 2.45) is 0 Å². The van der Waals surface area contributed by atoms with Gasteiger partial charge in [-0.25, -0.2) is 4.98 Å². The molecule has 2 rings (SSSR count). The molecule has 9 heteroatoms. The molecule has 0 atom stereocenters. The lowest BCUT2D eigenvalue weighted by atomic mass is 10.3. The Hall–Kier alpha value is -2.16. The Labute approximate surface area is 121 Å². The van der Waals surface area contributed by atoms with Gasteiger partial charge in [-0.1, -0.05) is 0 Å². The second kappa shape index (κ2) is 5.68. The first-order valence-corrected chi connectivity index (χ1v) is 6.57. The highest BCUT2D eigenvalue weighted by Gasteiger charge is 2.31. The predicted octanol–water partition coefficient (Wildman–Crippen LogP) is 2.27. The maximum Gasteiger partial charge on any atom is 0.417 e. The summed E-state index contributed by atoms with van der Waals surface area (Å²) in [5.41, 5.74) is -1.67. The molecule has 0 aromatic carbocycles. The first kappa shape index (κ1) is 15.2. The molecule has 0 unspecified atom stereocenters. The molecule has 2 aromatic heterocycles. The molecule has 0 aliphatic heterocycles. The van der Waals surface area contributed by atoms with E-state index in [9.17, 15) is 22.8 Å². The number of pyridine rings is 1. The molecule has 0 bridgehead atoms. The maximum absolute atomic E-state index is 12.6. The van der Waals surface area contributed by atoms with Crippen LogP contribution in [0.25, 0.3) is 0 Å². The highest BCUT2D eigenvalue weighted by Crippen LogP contribution is 2.28. The number of thiazole rings is 1. The summed E-state index contributed by atoms with van der Waals surface area (Å²) in [5.74, 6) is -0.620. The number of anilines is 1. The number of hydrogen-bond acceptors (Lipinski definition) is 4. The van der Waals surface area contributed by atoms with Crippen LogP contribution in [0.5, 0.6) is 0 Å². The number of alkyl halides is 3. The molecule has 0 aliphatic carbocycles. The van der Waals surface area contributed by atoms with E-state index in [0.717, 1.165) is 10.9 Å². The van der Waals surface area contributed by atoms with E-state index in [-0.39, 0.29) is 0 Å². The van der Waals surface area contributed by atoms with Gasteiger partial charge in [-0.3, -0.25) is 9.59 Å². The van der Waals surface area contributed by atoms with Gasteiger partial charge in [0, 0.05) is 23.3 Å². The minimum atomic E-state index is -4.57. The third kappa shape index (κ3) is 3.91. The van der Waals surface area contributed by atoms with Crippen molar-refractivity contribution in [2.75, 3.05) is 5.32 Å². The molecule has 0 radical (unpaired) electrons. The number of halogens is 3. The van der Waals surface area contributed by atoms with Gasteiger partial charge in [-0.05, 0) is 13.0 Å². The number of hydrogen-bond donors (Lipinski definition) is 1. The maximum atomic E-state index is 12.6. The van der Waals surface area contributed by atoms with Gasteiger partial charge in [0.05, 0.1) is 5.56 Å². The highest BCUT2D eigenvalue weighted by molar-refractivity contribution is 7.15. The number of nitrogens with one attached hydrogen (secondary N) is 1. The second-order valence-electron chi connectivity index (χ2n) is 4.21. The minimum absolute atomic E-state index is 0.331. The van der Waals surface area contributed by atoms with E-state index in [2.05, 4.69) is 10.3 Å². The fourth-order valence-corrected chi connectivity index (χ4v) is 2.23. The lowest BCUT2D eigenvalue weighted by Gasteiger charge is -2.10. The summed E-state index contributed by atoms with van der Waals surface area (Å²) in [6, 6.07) is 1.46. The van der Waals surface area contributed by atoms with Crippen LogP contribution in [0.3, 0.4) is 0 Å². The predicted molar refractivity (Wildman–Crippen MR) is 71.2 cm³/mol. The SMILES string of the molecule is Cc1cnc(NC(=O)Cn2cc(C(F)(F)F)ccc2=O)s1. The van der Waals surface area contributed by atoms with E-state index < -0.39 is 29.8 Å². The Morgan fingerprint density at radius 1 is 1.43 bits per heavy atom. The zero-order valence-corrected chi connectivity index (χ0v) is 11.6. The lowest BCUT2D eigenvalue weighted by Crippen LogP contribution is -2.28. The molecule has 21 heavy (non-hydrogen) atoms. The number of carbonyl (C=O) groups excluding carboxylic acids is 1. The Kier molecular flexibility index (Phi) is 4.12. The molecular weight excluding hydrogens is 307 g/mol. The van der Waals surface area contributed by atoms with Crippen molar-refractivity contribution in [2.45, 2.75) is 19.6 Å². The molecule has 0 fully saturated rings. The third-order valence-electron chi connectivity index (χ3n) is 2.49. The normalized spacial score (nSPS) is 11.4. The van der Waals surface area contributed by atoms with E-state index in [4.69, 9.17) is 0 Å². The highest BCUT2D eigenvalue weighted by atomic mass is 32.1. The first-order chi connectivity index (χ1) is 9.75. The monoisotopic (exact) mass is 317 g/mol. The van der Waals surface area contributed by atoms with Crippen LogP contribution in [-0.2, 0) is 17.5 Å². The fraction of sp³-hybridized carbons (Fsp3) is 0.250. The smallest absolute Gasteiger partial charge is 0.305 e. The Bertz CT molecular complexity index is 721. The third-order valence-corrected chi connectivity index (χ3v) is 3.32. The molecule has 112 valence electrons. The van der Waals surface area contributed by atoms with Gasteiger partial charge in [-0.15, -0.1) is 11.3 Å². The fourth-order valence-electron chi connectivity index (χ4n) is 1.55. The van der Waals surface area contributed by atoms with Crippen molar-refractivity contribution in [3.05, 3.63) is 45.3 Å². The number of rotatable bonds is 3. The second-order valence-corrected chi connectivity index (χ2v) is 5.44. The minimum Gasteiger partial charge on any atom is -0.305 e. The summed E-state index contributed by atoms with van der Waals surface area (Å²) in [6.07, 6.45) is -2.40. The molecule has 2 aromatic rings. The van der Waals surface area contributed by atoms with Gasteiger partial charge in [0.1, 0.15) is 6.54 Å². The zero-order chi connectivity index (χ0) is 15.6. The van der Waals surface area contributed by atoms with Gasteiger partial charge in [0.15, 0.2) is 5.13 Å². The standard InChI is InChI=1S/C12H10F3N3O2S/c1-7-4-16-11(21-7)17-9(19)6-18-5-8(12(13,14)15)2-3-10(18)20/h2-5H,6H2,1H3,(H,16,17,19). The van der Waals surface area contributed by atoms with Crippen molar-refractivity contribution in [1.29, 1.82) is 0 Å². The first-order valence-electron chi connectivity index (χ1n) is 5.75. The molecule has 2 heterocycles. The van der Waals surface area contributed by atoms with Gasteiger partial charge in [0.25, 0.3) is 5.56 Å². The quantitative estimate of drug-likeness (QED) is 0.944. The molecule has 1 amide bonds. The summed E-state index contributed by atoms with van der Waals surface area (Å²) < 4.78 is 38.4. The van der Waals surface area contributed by atoms with Gasteiger partial charge >= 0.3 is 6.18 Å². The van der Waals surface area contributed by atoms with Crippen LogP contribution in [0.1, 0.15) is 10.4 Å². The summed E-state index contributed by atoms with van der Waals surface area (Å²) in [6.45, 7) is 1.28. The van der Waals surface area contributed by atoms with Crippen LogP contribution in [0, 0.1) is 6.92 Å². The van der Waals surface area contributed by atoms with Crippen LogP contribution >= 0.6 is 11.3 Å². The summed E-state index contributed by atoms with van der Waals surface area (Å²) in [5, 5.41) is 2.76. The molecule has 5 nitrogen and oxygen atoms in total. The zero-order valence-electron chi connectivity index (χ0n) is 10.8. The van der Waals surface area contributed by atoms with Crippen molar-refractivity contribution in [3.8, 4) is 0 Å². The Morgan fingerprint density at radius 3 is 2.71 bits per heavy atom. The number of aryl methyl sites for hydroxylation is 1. The van der Waals surface area contributed by atoms with Gasteiger partial charge < -0.3 is 9.88 Å². The van der Waals surface area contributed by atoms with Crippen LogP contribution in [0.2, 0.25) is 0 Å². The number of nitrogens with zero attached hydrogens (tertiary/aromatic N) is 2. The van der Waals surface area contributed by atoms with Gasteiger partial charge in [0.2, 0.25) is 5.91 Å². The number of aromatic nitrogens is 2. The molecule has 1 N–H and O–H groups in total. The largest absolute Gasteiger partial charge is 0.417 e. The Morgan fingerprint density at radius 2 is 2.14 bits per heavy atom. The molecule has 0 saturated heterocycles. The van der Waals surface area contributed by atoms with E-state index in [1.165, 1.54) is 11.3 Å². The number of amides is 1. The van der Waals surface area contributed by atoms with Crippen molar-refractivity contribution >= 4 is 22.4 Å². The van der Waals surface area contributed by atoms with Crippen LogP contribution in [0.4, 0.5) is 18.3 Å². The topological polar surface area (TPSA) is 64.0 Å². The van der Waals surface area contributed by atoms with Crippen LogP contribution in [-0.4, -0.2) is 15.5 Å². The summed E-state index contributed by atoms with van der Waals surface area (Å²) >= 11 is 1.23. The van der Waals surface area contributed by atoms with Crippen LogP contribution < -0.4 is 10.9 Å². The van der Waals surface area contributed by atoms with Gasteiger partial charge in [-0.2, -0.15) is 13.2 Å². The van der Waals surface area contributed by atoms with E-state index in [0.29, 0.717) is 22.0 Å². The summed E-state index contributed by atoms with van der Waals surface area (Å²) in [4.78, 5) is 28.0. The van der Waals surface area contributed by atoms with E-state index >= 15 is 0 Å². The average Bonchev–Trinajstić information content (AvgIpc) is 2.76. The lowest BCUT2D eigenvalue weighted by molar-refractivity contribution is -0.138. The molecular formula is C12H10F3N3O2S. The van der Waals surface area contributed by atoms with E-state index in [1.807, 2.05) is 0 Å². The molecule has 0 spiro atoms. The average molecular weight is 317 g/mol. The summed E-state index contributed by atoms with van der Waals surface area (Å²) in [7, 11) is 0. The van der Waals surface area contributed by atoms with Crippen molar-refractivity contribution in [3.63, 3.8) is 0 Å². The van der Waals surface area contributed by atoms with Crippen LogP contribution in [0.15, 0.2) is 29.3 Å². The molecule has 0 aliphatic rings. The van der Waals surface area contributed by atoms with Crippen molar-refractivity contribution in [1.82, 2.24) is 9.55 Å². The van der Waals surface area contributed by atoms with E-state index in [1.54, 1.807) is 13.1 Å². The Balaban J connectivity index is 2.15. The van der Waals surface area contributed by atoms with Crippen molar-refractivity contribution < 1.29 is 18.0 Å². The molecule has 0 saturated carbocycles. The number of carbonyl (C=O) groups is 1.